The molecule has 1 saturated carbocycles. The Hall–Kier alpha value is -1.75. The molecular formula is C16H23N3O2. The van der Waals surface area contributed by atoms with E-state index in [0.29, 0.717) is 11.8 Å². The van der Waals surface area contributed by atoms with Gasteiger partial charge in [0.15, 0.2) is 0 Å². The fraction of sp³-hybridized carbons (Fsp3) is 0.562. The van der Waals surface area contributed by atoms with Crippen LogP contribution in [0.4, 0.5) is 5.69 Å². The number of aromatic hydroxyl groups is 1. The minimum Gasteiger partial charge on any atom is -0.508 e. The van der Waals surface area contributed by atoms with E-state index in [2.05, 4.69) is 15.1 Å². The molecule has 0 radical (unpaired) electrons. The van der Waals surface area contributed by atoms with Gasteiger partial charge in [0.25, 0.3) is 0 Å². The van der Waals surface area contributed by atoms with E-state index >= 15 is 0 Å². The Morgan fingerprint density at radius 1 is 1.19 bits per heavy atom. The number of phenols is 1. The number of phenolic OH excluding ortho intramolecular Hbond substituents is 1. The number of amides is 1. The van der Waals surface area contributed by atoms with Crippen molar-refractivity contribution in [3.63, 3.8) is 0 Å². The second-order valence-corrected chi connectivity index (χ2v) is 6.00. The van der Waals surface area contributed by atoms with Gasteiger partial charge in [-0.3, -0.25) is 9.69 Å². The van der Waals surface area contributed by atoms with Crippen LogP contribution in [0.25, 0.3) is 0 Å². The molecule has 0 unspecified atom stereocenters. The van der Waals surface area contributed by atoms with Crippen molar-refractivity contribution >= 4 is 11.6 Å². The molecular weight excluding hydrogens is 266 g/mol. The highest BCUT2D eigenvalue weighted by Crippen LogP contribution is 2.21. The summed E-state index contributed by atoms with van der Waals surface area (Å²) in [4.78, 5) is 16.6. The SMILES string of the molecule is C[C@@H](C(=O)NC1CC1)N1CCN(c2ccc(O)cc2)CC1. The maximum absolute atomic E-state index is 12.1. The molecule has 0 aromatic heterocycles. The predicted octanol–water partition coefficient (Wildman–Crippen LogP) is 1.18. The van der Waals surface area contributed by atoms with Gasteiger partial charge in [0.2, 0.25) is 5.91 Å². The molecule has 5 heteroatoms. The summed E-state index contributed by atoms with van der Waals surface area (Å²) in [5.74, 6) is 0.457. The van der Waals surface area contributed by atoms with E-state index in [1.54, 1.807) is 12.1 Å². The van der Waals surface area contributed by atoms with E-state index in [1.807, 2.05) is 19.1 Å². The molecule has 2 aliphatic rings. The van der Waals surface area contributed by atoms with Crippen molar-refractivity contribution in [2.75, 3.05) is 31.1 Å². The summed E-state index contributed by atoms with van der Waals surface area (Å²) in [6.45, 7) is 5.59. The Kier molecular flexibility index (Phi) is 4.01. The molecule has 1 aromatic carbocycles. The quantitative estimate of drug-likeness (QED) is 0.874. The lowest BCUT2D eigenvalue weighted by molar-refractivity contribution is -0.126. The third-order valence-corrected chi connectivity index (χ3v) is 4.38. The number of rotatable bonds is 4. The zero-order chi connectivity index (χ0) is 14.8. The molecule has 1 saturated heterocycles. The van der Waals surface area contributed by atoms with Gasteiger partial charge in [-0.05, 0) is 44.0 Å². The van der Waals surface area contributed by atoms with Crippen LogP contribution in [0.15, 0.2) is 24.3 Å². The van der Waals surface area contributed by atoms with Gasteiger partial charge in [-0.15, -0.1) is 0 Å². The van der Waals surface area contributed by atoms with E-state index < -0.39 is 0 Å². The second-order valence-electron chi connectivity index (χ2n) is 6.00. The van der Waals surface area contributed by atoms with E-state index in [9.17, 15) is 9.90 Å². The number of carbonyl (C=O) groups excluding carboxylic acids is 1. The predicted molar refractivity (Wildman–Crippen MR) is 82.5 cm³/mol. The number of carbonyl (C=O) groups is 1. The summed E-state index contributed by atoms with van der Waals surface area (Å²) in [5.41, 5.74) is 1.13. The molecule has 0 bridgehead atoms. The largest absolute Gasteiger partial charge is 0.508 e. The van der Waals surface area contributed by atoms with Gasteiger partial charge in [-0.2, -0.15) is 0 Å². The second kappa shape index (κ2) is 5.93. The summed E-state index contributed by atoms with van der Waals surface area (Å²) < 4.78 is 0. The third kappa shape index (κ3) is 3.47. The van der Waals surface area contributed by atoms with E-state index in [1.165, 1.54) is 0 Å². The van der Waals surface area contributed by atoms with Crippen molar-refractivity contribution in [3.05, 3.63) is 24.3 Å². The van der Waals surface area contributed by atoms with Gasteiger partial charge in [0.05, 0.1) is 6.04 Å². The van der Waals surface area contributed by atoms with Crippen LogP contribution in [0.1, 0.15) is 19.8 Å². The summed E-state index contributed by atoms with van der Waals surface area (Å²) >= 11 is 0. The number of piperazine rings is 1. The lowest BCUT2D eigenvalue weighted by Crippen LogP contribution is -2.54. The highest BCUT2D eigenvalue weighted by atomic mass is 16.3. The zero-order valence-electron chi connectivity index (χ0n) is 12.5. The van der Waals surface area contributed by atoms with Crippen LogP contribution in [0, 0.1) is 0 Å². The lowest BCUT2D eigenvalue weighted by atomic mass is 10.2. The van der Waals surface area contributed by atoms with E-state index in [-0.39, 0.29) is 11.9 Å². The Morgan fingerprint density at radius 2 is 1.81 bits per heavy atom. The first-order valence-corrected chi connectivity index (χ1v) is 7.72. The van der Waals surface area contributed by atoms with Gasteiger partial charge in [-0.1, -0.05) is 0 Å². The summed E-state index contributed by atoms with van der Waals surface area (Å²) in [6, 6.07) is 7.69. The van der Waals surface area contributed by atoms with Crippen molar-refractivity contribution in [2.45, 2.75) is 31.8 Å². The zero-order valence-corrected chi connectivity index (χ0v) is 12.5. The van der Waals surface area contributed by atoms with Gasteiger partial charge in [0.1, 0.15) is 5.75 Å². The first kappa shape index (κ1) is 14.2. The number of hydrogen-bond acceptors (Lipinski definition) is 4. The average Bonchev–Trinajstić information content (AvgIpc) is 3.31. The summed E-state index contributed by atoms with van der Waals surface area (Å²) in [5, 5.41) is 12.4. The number of hydrogen-bond donors (Lipinski definition) is 2. The molecule has 114 valence electrons. The standard InChI is InChI=1S/C16H23N3O2/c1-12(16(21)17-13-2-3-13)18-8-10-19(11-9-18)14-4-6-15(20)7-5-14/h4-7,12-13,20H,2-3,8-11H2,1H3,(H,17,21)/t12-/m0/s1. The third-order valence-electron chi connectivity index (χ3n) is 4.38. The number of nitrogens with zero attached hydrogens (tertiary/aromatic N) is 2. The first-order chi connectivity index (χ1) is 10.1. The van der Waals surface area contributed by atoms with E-state index in [0.717, 1.165) is 44.7 Å². The van der Waals surface area contributed by atoms with Crippen molar-refractivity contribution in [3.8, 4) is 5.75 Å². The van der Waals surface area contributed by atoms with Crippen molar-refractivity contribution in [2.24, 2.45) is 0 Å². The van der Waals surface area contributed by atoms with Gasteiger partial charge in [-0.25, -0.2) is 0 Å². The molecule has 1 aromatic rings. The van der Waals surface area contributed by atoms with Crippen LogP contribution in [-0.4, -0.2) is 54.2 Å². The van der Waals surface area contributed by atoms with Gasteiger partial charge < -0.3 is 15.3 Å². The topological polar surface area (TPSA) is 55.8 Å². The molecule has 5 nitrogen and oxygen atoms in total. The molecule has 1 amide bonds. The van der Waals surface area contributed by atoms with Crippen LogP contribution in [0.5, 0.6) is 5.75 Å². The molecule has 0 spiro atoms. The number of benzene rings is 1. The molecule has 21 heavy (non-hydrogen) atoms. The minimum atomic E-state index is -0.0485. The minimum absolute atomic E-state index is 0.0485. The van der Waals surface area contributed by atoms with Crippen LogP contribution in [0.2, 0.25) is 0 Å². The smallest absolute Gasteiger partial charge is 0.237 e. The van der Waals surface area contributed by atoms with E-state index in [4.69, 9.17) is 0 Å². The maximum atomic E-state index is 12.1. The van der Waals surface area contributed by atoms with Crippen LogP contribution in [0.3, 0.4) is 0 Å². The van der Waals surface area contributed by atoms with Gasteiger partial charge >= 0.3 is 0 Å². The van der Waals surface area contributed by atoms with Gasteiger partial charge in [0, 0.05) is 37.9 Å². The van der Waals surface area contributed by atoms with Crippen molar-refractivity contribution in [1.29, 1.82) is 0 Å². The molecule has 1 aliphatic carbocycles. The molecule has 2 fully saturated rings. The molecule has 1 aliphatic heterocycles. The average molecular weight is 289 g/mol. The van der Waals surface area contributed by atoms with Crippen molar-refractivity contribution in [1.82, 2.24) is 10.2 Å². The number of anilines is 1. The highest BCUT2D eigenvalue weighted by molar-refractivity contribution is 5.81. The van der Waals surface area contributed by atoms with Crippen LogP contribution in [-0.2, 0) is 4.79 Å². The molecule has 2 N–H and O–H groups in total. The lowest BCUT2D eigenvalue weighted by Gasteiger charge is -2.38. The fourth-order valence-electron chi connectivity index (χ4n) is 2.75. The van der Waals surface area contributed by atoms with Crippen LogP contribution >= 0.6 is 0 Å². The molecule has 3 rings (SSSR count). The first-order valence-electron chi connectivity index (χ1n) is 7.72. The summed E-state index contributed by atoms with van der Waals surface area (Å²) in [7, 11) is 0. The normalized spacial score (nSPS) is 21.1. The maximum Gasteiger partial charge on any atom is 0.237 e. The van der Waals surface area contributed by atoms with Crippen molar-refractivity contribution < 1.29 is 9.90 Å². The summed E-state index contributed by atoms with van der Waals surface area (Å²) in [6.07, 6.45) is 2.26. The Morgan fingerprint density at radius 3 is 2.38 bits per heavy atom. The Bertz CT molecular complexity index is 491. The number of nitrogens with one attached hydrogen (secondary N) is 1. The fourth-order valence-corrected chi connectivity index (χ4v) is 2.75. The molecule has 1 heterocycles. The monoisotopic (exact) mass is 289 g/mol. The molecule has 1 atom stereocenters. The Labute approximate surface area is 125 Å². The highest BCUT2D eigenvalue weighted by Gasteiger charge is 2.29. The van der Waals surface area contributed by atoms with Crippen LogP contribution < -0.4 is 10.2 Å². The Balaban J connectivity index is 1.52.